The van der Waals surface area contributed by atoms with Crippen LogP contribution in [0.4, 0.5) is 5.82 Å². The smallest absolute Gasteiger partial charge is 0.247 e. The quantitative estimate of drug-likeness (QED) is 0.862. The average molecular weight is 308 g/mol. The zero-order valence-corrected chi connectivity index (χ0v) is 12.3. The molecule has 1 amide bonds. The van der Waals surface area contributed by atoms with Crippen LogP contribution in [0.1, 0.15) is 11.1 Å². The molecule has 1 aromatic heterocycles. The third-order valence-electron chi connectivity index (χ3n) is 2.71. The molecule has 0 spiro atoms. The fourth-order valence-electron chi connectivity index (χ4n) is 1.65. The van der Waals surface area contributed by atoms with E-state index in [2.05, 4.69) is 10.3 Å². The molecule has 20 heavy (non-hydrogen) atoms. The second kappa shape index (κ2) is 6.55. The Hall–Kier alpha value is -1.84. The maximum absolute atomic E-state index is 11.9. The molecule has 0 unspecified atom stereocenters. The fraction of sp³-hybridized carbons (Fsp3) is 0.0667. The van der Waals surface area contributed by atoms with E-state index in [9.17, 15) is 4.79 Å². The van der Waals surface area contributed by atoms with Gasteiger partial charge < -0.3 is 0 Å². The third-order valence-corrected chi connectivity index (χ3v) is 3.37. The van der Waals surface area contributed by atoms with Crippen molar-refractivity contribution >= 4 is 41.0 Å². The number of pyridine rings is 1. The zero-order chi connectivity index (χ0) is 14.5. The van der Waals surface area contributed by atoms with Crippen molar-refractivity contribution in [2.24, 2.45) is 0 Å². The Balaban J connectivity index is 2.12. The summed E-state index contributed by atoms with van der Waals surface area (Å²) in [5, 5.41) is 3.76. The number of aryl methyl sites for hydroxylation is 1. The molecule has 1 heterocycles. The Morgan fingerprint density at radius 3 is 2.55 bits per heavy atom. The van der Waals surface area contributed by atoms with E-state index in [0.717, 1.165) is 5.56 Å². The van der Waals surface area contributed by atoms with Gasteiger partial charge >= 0.3 is 5.91 Å². The van der Waals surface area contributed by atoms with Gasteiger partial charge in [0.05, 0.1) is 6.20 Å². The molecule has 3 nitrogen and oxygen atoms in total. The van der Waals surface area contributed by atoms with Gasteiger partial charge in [-0.05, 0) is 37.3 Å². The first-order valence-corrected chi connectivity index (χ1v) is 6.74. The van der Waals surface area contributed by atoms with Crippen molar-refractivity contribution < 1.29 is 9.78 Å². The second-order valence-corrected chi connectivity index (χ2v) is 5.00. The molecule has 0 fully saturated rings. The summed E-state index contributed by atoms with van der Waals surface area (Å²) < 4.78 is 0. The van der Waals surface area contributed by atoms with E-state index in [1.165, 1.54) is 6.08 Å². The van der Waals surface area contributed by atoms with Crippen LogP contribution in [0.25, 0.3) is 6.08 Å². The van der Waals surface area contributed by atoms with E-state index in [1.54, 1.807) is 30.5 Å². The second-order valence-electron chi connectivity index (χ2n) is 4.19. The van der Waals surface area contributed by atoms with Gasteiger partial charge in [0.2, 0.25) is 0 Å². The van der Waals surface area contributed by atoms with Gasteiger partial charge in [0.15, 0.2) is 0 Å². The van der Waals surface area contributed by atoms with Crippen molar-refractivity contribution in [2.75, 3.05) is 5.32 Å². The van der Waals surface area contributed by atoms with Crippen LogP contribution in [0.5, 0.6) is 0 Å². The van der Waals surface area contributed by atoms with Gasteiger partial charge in [0, 0.05) is 27.2 Å². The lowest BCUT2D eigenvalue weighted by molar-refractivity contribution is -0.361. The van der Waals surface area contributed by atoms with Crippen LogP contribution in [-0.4, -0.2) is 5.91 Å². The molecule has 0 saturated carbocycles. The summed E-state index contributed by atoms with van der Waals surface area (Å²) in [4.78, 5) is 14.8. The van der Waals surface area contributed by atoms with Gasteiger partial charge in [0.1, 0.15) is 0 Å². The molecular formula is C15H13Cl2N2O+. The molecular weight excluding hydrogens is 295 g/mol. The number of aromatic amines is 1. The summed E-state index contributed by atoms with van der Waals surface area (Å²) >= 11 is 12.0. The van der Waals surface area contributed by atoms with Crippen molar-refractivity contribution in [1.29, 1.82) is 0 Å². The molecule has 2 aromatic rings. The number of halogens is 2. The maximum atomic E-state index is 11.9. The van der Waals surface area contributed by atoms with E-state index >= 15 is 0 Å². The van der Waals surface area contributed by atoms with E-state index in [1.807, 2.05) is 19.1 Å². The van der Waals surface area contributed by atoms with Gasteiger partial charge in [0.25, 0.3) is 5.82 Å². The number of hydrogen-bond acceptors (Lipinski definition) is 1. The highest BCUT2D eigenvalue weighted by atomic mass is 35.5. The molecule has 0 bridgehead atoms. The predicted molar refractivity (Wildman–Crippen MR) is 81.9 cm³/mol. The number of anilines is 1. The number of carbonyl (C=O) groups excluding carboxylic acids is 1. The number of rotatable bonds is 3. The summed E-state index contributed by atoms with van der Waals surface area (Å²) in [5.74, 6) is 0.402. The first-order valence-electron chi connectivity index (χ1n) is 5.98. The molecule has 102 valence electrons. The molecule has 0 aliphatic carbocycles. The van der Waals surface area contributed by atoms with E-state index in [0.29, 0.717) is 21.4 Å². The number of carbonyl (C=O) groups is 1. The Labute approximate surface area is 127 Å². The van der Waals surface area contributed by atoms with E-state index in [4.69, 9.17) is 23.2 Å². The van der Waals surface area contributed by atoms with Gasteiger partial charge in [-0.1, -0.05) is 29.3 Å². The van der Waals surface area contributed by atoms with Gasteiger partial charge in [-0.15, -0.1) is 0 Å². The highest BCUT2D eigenvalue weighted by Crippen LogP contribution is 2.25. The molecule has 2 rings (SSSR count). The lowest BCUT2D eigenvalue weighted by Crippen LogP contribution is -2.18. The van der Waals surface area contributed by atoms with Crippen molar-refractivity contribution in [2.45, 2.75) is 6.92 Å². The van der Waals surface area contributed by atoms with Crippen molar-refractivity contribution in [3.8, 4) is 0 Å². The number of aromatic nitrogens is 1. The number of benzene rings is 1. The molecule has 0 aliphatic heterocycles. The van der Waals surface area contributed by atoms with Crippen LogP contribution in [-0.2, 0) is 4.79 Å². The highest BCUT2D eigenvalue weighted by molar-refractivity contribution is 6.37. The minimum absolute atomic E-state index is 0.258. The fourth-order valence-corrected chi connectivity index (χ4v) is 2.17. The summed E-state index contributed by atoms with van der Waals surface area (Å²) in [5.41, 5.74) is 1.57. The monoisotopic (exact) mass is 307 g/mol. The summed E-state index contributed by atoms with van der Waals surface area (Å²) in [6, 6.07) is 8.97. The van der Waals surface area contributed by atoms with Crippen LogP contribution in [0.2, 0.25) is 10.0 Å². The lowest BCUT2D eigenvalue weighted by Gasteiger charge is -2.00. The molecule has 0 aliphatic rings. The van der Waals surface area contributed by atoms with E-state index in [-0.39, 0.29) is 5.91 Å². The average Bonchev–Trinajstić information content (AvgIpc) is 2.41. The normalized spacial score (nSPS) is 10.8. The Kier molecular flexibility index (Phi) is 4.77. The van der Waals surface area contributed by atoms with Gasteiger partial charge in [-0.25, -0.2) is 15.1 Å². The topological polar surface area (TPSA) is 43.2 Å². The zero-order valence-electron chi connectivity index (χ0n) is 10.8. The van der Waals surface area contributed by atoms with Crippen molar-refractivity contribution in [3.05, 3.63) is 63.8 Å². The molecule has 2 N–H and O–H groups in total. The van der Waals surface area contributed by atoms with Crippen LogP contribution in [0, 0.1) is 6.92 Å². The Morgan fingerprint density at radius 2 is 1.90 bits per heavy atom. The Morgan fingerprint density at radius 1 is 1.20 bits per heavy atom. The molecule has 0 saturated heterocycles. The molecule has 1 aromatic carbocycles. The third kappa shape index (κ3) is 3.59. The number of nitrogens with one attached hydrogen (secondary N) is 2. The van der Waals surface area contributed by atoms with Gasteiger partial charge in [-0.2, -0.15) is 0 Å². The largest absolute Gasteiger partial charge is 0.331 e. The van der Waals surface area contributed by atoms with Crippen LogP contribution in [0.3, 0.4) is 0 Å². The van der Waals surface area contributed by atoms with E-state index < -0.39 is 0 Å². The summed E-state index contributed by atoms with van der Waals surface area (Å²) in [6.45, 7) is 1.90. The van der Waals surface area contributed by atoms with Crippen LogP contribution in [0.15, 0.2) is 42.6 Å². The van der Waals surface area contributed by atoms with Crippen molar-refractivity contribution in [3.63, 3.8) is 0 Å². The number of amides is 1. The van der Waals surface area contributed by atoms with Crippen LogP contribution < -0.4 is 10.3 Å². The SMILES string of the molecule is Cc1ccc[nH+]c1NC(=O)C=Cc1c(Cl)cccc1Cl. The lowest BCUT2D eigenvalue weighted by atomic mass is 10.2. The predicted octanol–water partition coefficient (Wildman–Crippen LogP) is 3.77. The number of hydrogen-bond donors (Lipinski definition) is 1. The first kappa shape index (κ1) is 14.6. The number of H-pyrrole nitrogens is 1. The summed E-state index contributed by atoms with van der Waals surface area (Å²) in [6.07, 6.45) is 4.74. The molecule has 0 radical (unpaired) electrons. The highest BCUT2D eigenvalue weighted by Gasteiger charge is 2.10. The standard InChI is InChI=1S/C15H12Cl2N2O/c1-10-4-3-9-18-15(10)19-14(20)8-7-11-12(16)5-2-6-13(11)17/h2-9H,1H3,(H,18,19,20)/p+1. The maximum Gasteiger partial charge on any atom is 0.331 e. The molecule has 0 atom stereocenters. The van der Waals surface area contributed by atoms with Gasteiger partial charge in [-0.3, -0.25) is 0 Å². The molecule has 5 heteroatoms. The van der Waals surface area contributed by atoms with Crippen LogP contribution >= 0.6 is 23.2 Å². The van der Waals surface area contributed by atoms with Crippen molar-refractivity contribution in [1.82, 2.24) is 0 Å². The Bertz CT molecular complexity index is 648. The minimum atomic E-state index is -0.258. The summed E-state index contributed by atoms with van der Waals surface area (Å²) in [7, 11) is 0. The minimum Gasteiger partial charge on any atom is -0.247 e. The first-order chi connectivity index (χ1) is 9.58.